The van der Waals surface area contributed by atoms with Crippen LogP contribution in [0.15, 0.2) is 41.1 Å². The average molecular weight is 390 g/mol. The van der Waals surface area contributed by atoms with Gasteiger partial charge < -0.3 is 14.8 Å². The number of benzene rings is 1. The van der Waals surface area contributed by atoms with E-state index in [1.54, 1.807) is 24.5 Å². The normalized spacial score (nSPS) is 17.1. The Bertz CT molecular complexity index is 783. The van der Waals surface area contributed by atoms with Gasteiger partial charge in [0.2, 0.25) is 5.95 Å². The predicted molar refractivity (Wildman–Crippen MR) is 107 cm³/mol. The average Bonchev–Trinajstić information content (AvgIpc) is 2.67. The summed E-state index contributed by atoms with van der Waals surface area (Å²) in [5, 5.41) is 3.30. The van der Waals surface area contributed by atoms with Gasteiger partial charge in [0.15, 0.2) is 0 Å². The van der Waals surface area contributed by atoms with Crippen LogP contribution in [0.5, 0.6) is 0 Å². The Kier molecular flexibility index (Phi) is 6.08. The summed E-state index contributed by atoms with van der Waals surface area (Å²) in [5.74, 6) is 0.330. The molecule has 0 saturated carbocycles. The van der Waals surface area contributed by atoms with Crippen LogP contribution in [0, 0.1) is 5.82 Å². The Balaban J connectivity index is 1.94. The Morgan fingerprint density at radius 2 is 1.70 bits per heavy atom. The number of halogens is 1. The van der Waals surface area contributed by atoms with Crippen molar-refractivity contribution in [3.05, 3.63) is 53.6 Å². The molecule has 2 aromatic rings. The molecule has 2 heterocycles. The first-order valence-electron chi connectivity index (χ1n) is 8.89. The smallest absolute Gasteiger partial charge is 0.225 e. The van der Waals surface area contributed by atoms with Crippen LogP contribution in [0.4, 0.5) is 10.3 Å². The van der Waals surface area contributed by atoms with Gasteiger partial charge in [0.25, 0.3) is 0 Å². The van der Waals surface area contributed by atoms with Crippen LogP contribution in [0.2, 0.25) is 0 Å². The summed E-state index contributed by atoms with van der Waals surface area (Å²) in [5.41, 5.74) is 1.82. The lowest BCUT2D eigenvalue weighted by Gasteiger charge is -2.27. The number of nitrogens with one attached hydrogen (secondary N) is 1. The molecule has 0 spiro atoms. The zero-order valence-electron chi connectivity index (χ0n) is 15.8. The Labute approximate surface area is 162 Å². The van der Waals surface area contributed by atoms with Crippen molar-refractivity contribution < 1.29 is 8.94 Å². The van der Waals surface area contributed by atoms with Crippen LogP contribution in [-0.4, -0.2) is 51.2 Å². The third-order valence-corrected chi connectivity index (χ3v) is 5.52. The van der Waals surface area contributed by atoms with Crippen molar-refractivity contribution in [1.29, 1.82) is 0 Å². The molecule has 1 aromatic carbocycles. The van der Waals surface area contributed by atoms with E-state index in [1.807, 2.05) is 20.8 Å². The third-order valence-electron chi connectivity index (χ3n) is 4.13. The Morgan fingerprint density at radius 1 is 1.11 bits per heavy atom. The van der Waals surface area contributed by atoms with Gasteiger partial charge in [0.1, 0.15) is 27.6 Å². The highest BCUT2D eigenvalue weighted by atomic mass is 32.2. The van der Waals surface area contributed by atoms with Gasteiger partial charge in [0, 0.05) is 49.7 Å². The fourth-order valence-corrected chi connectivity index (χ4v) is 3.22. The fraction of sp³-hybridized carbons (Fsp3) is 0.421. The maximum Gasteiger partial charge on any atom is 0.225 e. The second-order valence-corrected chi connectivity index (χ2v) is 9.22. The molecule has 1 N–H and O–H groups in total. The van der Waals surface area contributed by atoms with E-state index in [4.69, 9.17) is 0 Å². The van der Waals surface area contributed by atoms with Gasteiger partial charge in [-0.05, 0) is 45.0 Å². The van der Waals surface area contributed by atoms with Gasteiger partial charge in [-0.2, -0.15) is 0 Å². The van der Waals surface area contributed by atoms with Crippen LogP contribution in [0.3, 0.4) is 0 Å². The molecule has 1 fully saturated rings. The first kappa shape index (κ1) is 19.7. The summed E-state index contributed by atoms with van der Waals surface area (Å²) in [6.45, 7) is 9.09. The summed E-state index contributed by atoms with van der Waals surface area (Å²) in [4.78, 5) is 11.1. The van der Waals surface area contributed by atoms with Crippen molar-refractivity contribution in [3.8, 4) is 0 Å². The SMILES string of the molecule is CC(C)(C)[S+]([O-])/N=C(/c1ccc(F)cc1)c1cnc(N2CCNCC2)nc1. The van der Waals surface area contributed by atoms with Crippen molar-refractivity contribution in [2.24, 2.45) is 4.40 Å². The molecule has 3 rings (SSSR count). The zero-order chi connectivity index (χ0) is 19.4. The van der Waals surface area contributed by atoms with Gasteiger partial charge in [-0.3, -0.25) is 0 Å². The quantitative estimate of drug-likeness (QED) is 0.642. The summed E-state index contributed by atoms with van der Waals surface area (Å²) >= 11 is -1.46. The van der Waals surface area contributed by atoms with Gasteiger partial charge in [0.05, 0.1) is 0 Å². The number of anilines is 1. The first-order chi connectivity index (χ1) is 12.8. The van der Waals surface area contributed by atoms with E-state index >= 15 is 0 Å². The molecule has 0 radical (unpaired) electrons. The summed E-state index contributed by atoms with van der Waals surface area (Å²) in [6, 6.07) is 5.97. The van der Waals surface area contributed by atoms with E-state index in [2.05, 4.69) is 24.6 Å². The molecule has 144 valence electrons. The molecule has 1 aromatic heterocycles. The maximum absolute atomic E-state index is 13.3. The van der Waals surface area contributed by atoms with E-state index in [9.17, 15) is 8.94 Å². The minimum Gasteiger partial charge on any atom is -0.591 e. The minimum atomic E-state index is -1.46. The lowest BCUT2D eigenvalue weighted by Crippen LogP contribution is -2.44. The van der Waals surface area contributed by atoms with Crippen molar-refractivity contribution >= 4 is 23.0 Å². The van der Waals surface area contributed by atoms with E-state index in [1.165, 1.54) is 12.1 Å². The highest BCUT2D eigenvalue weighted by Gasteiger charge is 2.28. The number of nitrogens with zero attached hydrogens (tertiary/aromatic N) is 4. The van der Waals surface area contributed by atoms with Gasteiger partial charge >= 0.3 is 0 Å². The van der Waals surface area contributed by atoms with Gasteiger partial charge in [-0.15, -0.1) is 0 Å². The summed E-state index contributed by atoms with van der Waals surface area (Å²) < 4.78 is 29.8. The monoisotopic (exact) mass is 389 g/mol. The number of rotatable bonds is 4. The van der Waals surface area contributed by atoms with Crippen LogP contribution in [0.1, 0.15) is 31.9 Å². The molecule has 1 unspecified atom stereocenters. The van der Waals surface area contributed by atoms with Gasteiger partial charge in [-0.25, -0.2) is 14.4 Å². The first-order valence-corrected chi connectivity index (χ1v) is 10.00. The number of piperazine rings is 1. The lowest BCUT2D eigenvalue weighted by molar-refractivity contribution is 0.561. The highest BCUT2D eigenvalue weighted by molar-refractivity contribution is 7.91. The molecule has 0 aliphatic carbocycles. The van der Waals surface area contributed by atoms with Crippen molar-refractivity contribution in [2.75, 3.05) is 31.1 Å². The van der Waals surface area contributed by atoms with Crippen molar-refractivity contribution in [3.63, 3.8) is 0 Å². The fourth-order valence-electron chi connectivity index (χ4n) is 2.57. The molecule has 8 heteroatoms. The highest BCUT2D eigenvalue weighted by Crippen LogP contribution is 2.21. The number of hydrogen-bond acceptors (Lipinski definition) is 6. The molecule has 6 nitrogen and oxygen atoms in total. The van der Waals surface area contributed by atoms with E-state index in [0.717, 1.165) is 26.2 Å². The van der Waals surface area contributed by atoms with E-state index in [0.29, 0.717) is 22.8 Å². The molecule has 1 aliphatic heterocycles. The standard InChI is InChI=1S/C19H24FN5OS/c1-19(2,3)27(26)24-17(14-4-6-16(20)7-5-14)15-12-22-18(23-13-15)25-10-8-21-9-11-25/h4-7,12-13,21H,8-11H2,1-3H3/b24-17-. The van der Waals surface area contributed by atoms with Crippen LogP contribution >= 0.6 is 0 Å². The van der Waals surface area contributed by atoms with Gasteiger partial charge in [-0.1, -0.05) is 4.40 Å². The van der Waals surface area contributed by atoms with E-state index in [-0.39, 0.29) is 5.82 Å². The molecule has 27 heavy (non-hydrogen) atoms. The minimum absolute atomic E-state index is 0.333. The number of hydrogen-bond donors (Lipinski definition) is 1. The second kappa shape index (κ2) is 8.33. The summed E-state index contributed by atoms with van der Waals surface area (Å²) in [6.07, 6.45) is 3.37. The molecule has 1 aliphatic rings. The van der Waals surface area contributed by atoms with Crippen LogP contribution in [0.25, 0.3) is 0 Å². The van der Waals surface area contributed by atoms with Crippen LogP contribution in [-0.2, 0) is 11.4 Å². The summed E-state index contributed by atoms with van der Waals surface area (Å²) in [7, 11) is 0. The van der Waals surface area contributed by atoms with Crippen molar-refractivity contribution in [1.82, 2.24) is 15.3 Å². The number of aromatic nitrogens is 2. The maximum atomic E-state index is 13.3. The predicted octanol–water partition coefficient (Wildman–Crippen LogP) is 2.32. The second-order valence-electron chi connectivity index (χ2n) is 7.32. The third kappa shape index (κ3) is 5.03. The van der Waals surface area contributed by atoms with Crippen molar-refractivity contribution in [2.45, 2.75) is 25.5 Å². The molecule has 1 atom stereocenters. The largest absolute Gasteiger partial charge is 0.591 e. The van der Waals surface area contributed by atoms with Crippen LogP contribution < -0.4 is 10.2 Å². The molecule has 0 bridgehead atoms. The molecular formula is C19H24FN5OS. The Morgan fingerprint density at radius 3 is 2.26 bits per heavy atom. The zero-order valence-corrected chi connectivity index (χ0v) is 16.6. The topological polar surface area (TPSA) is 76.5 Å². The molecule has 0 amide bonds. The molecular weight excluding hydrogens is 365 g/mol. The molecule has 1 saturated heterocycles. The Hall–Kier alpha value is -2.03. The van der Waals surface area contributed by atoms with E-state index < -0.39 is 16.1 Å². The lowest BCUT2D eigenvalue weighted by atomic mass is 10.1.